The van der Waals surface area contributed by atoms with Gasteiger partial charge in [-0.15, -0.1) is 11.3 Å². The third kappa shape index (κ3) is 3.94. The summed E-state index contributed by atoms with van der Waals surface area (Å²) in [6, 6.07) is 7.94. The Morgan fingerprint density at radius 2 is 2.08 bits per heavy atom. The summed E-state index contributed by atoms with van der Waals surface area (Å²) in [5.41, 5.74) is 10.9. The molecule has 4 N–H and O–H groups in total. The van der Waals surface area contributed by atoms with E-state index < -0.39 is 5.91 Å². The van der Waals surface area contributed by atoms with E-state index in [9.17, 15) is 9.59 Å². The van der Waals surface area contributed by atoms with Crippen molar-refractivity contribution in [2.75, 3.05) is 5.32 Å². The van der Waals surface area contributed by atoms with Crippen molar-refractivity contribution >= 4 is 39.1 Å². The zero-order valence-corrected chi connectivity index (χ0v) is 21.8. The highest BCUT2D eigenvalue weighted by atomic mass is 32.1. The number of primary amides is 1. The number of carbonyl (C=O) groups is 2. The average molecular weight is 513 g/mol. The Hall–Kier alpha value is -3.85. The first-order chi connectivity index (χ1) is 17.8. The number of carbonyl (C=O) groups excluding carboxylic acids is 2. The molecule has 0 aromatic carbocycles. The molecule has 0 saturated carbocycles. The number of amides is 2. The minimum Gasteiger partial charge on any atom is -0.366 e. The van der Waals surface area contributed by atoms with Crippen LogP contribution in [-0.4, -0.2) is 26.8 Å². The van der Waals surface area contributed by atoms with Gasteiger partial charge >= 0.3 is 0 Å². The van der Waals surface area contributed by atoms with Gasteiger partial charge in [-0.25, -0.2) is 4.98 Å². The zero-order chi connectivity index (χ0) is 25.8. The first-order valence-corrected chi connectivity index (χ1v) is 13.4. The number of nitrogens with zero attached hydrogens (tertiary/aromatic N) is 3. The molecule has 6 rings (SSSR count). The molecular formula is C28H28N6O2S. The van der Waals surface area contributed by atoms with Crippen molar-refractivity contribution < 1.29 is 9.59 Å². The summed E-state index contributed by atoms with van der Waals surface area (Å²) in [4.78, 5) is 40.7. The maximum atomic E-state index is 13.1. The number of pyridine rings is 3. The molecule has 1 aliphatic heterocycles. The van der Waals surface area contributed by atoms with Gasteiger partial charge in [-0.3, -0.25) is 19.6 Å². The molecule has 8 nitrogen and oxygen atoms in total. The summed E-state index contributed by atoms with van der Waals surface area (Å²) >= 11 is 1.51. The number of hydrogen-bond donors (Lipinski definition) is 3. The number of rotatable bonds is 6. The van der Waals surface area contributed by atoms with E-state index in [2.05, 4.69) is 40.5 Å². The second-order valence-electron chi connectivity index (χ2n) is 10.2. The van der Waals surface area contributed by atoms with Crippen LogP contribution in [0.2, 0.25) is 0 Å². The molecule has 5 heterocycles. The van der Waals surface area contributed by atoms with E-state index in [4.69, 9.17) is 10.7 Å². The molecule has 9 heteroatoms. The first-order valence-electron chi connectivity index (χ1n) is 12.6. The molecule has 1 aliphatic carbocycles. The van der Waals surface area contributed by atoms with Crippen LogP contribution >= 0.6 is 11.3 Å². The van der Waals surface area contributed by atoms with E-state index in [-0.39, 0.29) is 23.9 Å². The molecule has 4 aromatic rings. The van der Waals surface area contributed by atoms with Gasteiger partial charge in [0.2, 0.25) is 0 Å². The summed E-state index contributed by atoms with van der Waals surface area (Å²) in [6.45, 7) is 6.06. The zero-order valence-electron chi connectivity index (χ0n) is 21.0. The van der Waals surface area contributed by atoms with Gasteiger partial charge < -0.3 is 16.4 Å². The van der Waals surface area contributed by atoms with Crippen LogP contribution in [0.4, 0.5) is 5.82 Å². The lowest BCUT2D eigenvalue weighted by atomic mass is 9.92. The van der Waals surface area contributed by atoms with E-state index in [0.717, 1.165) is 39.3 Å². The fourth-order valence-corrected chi connectivity index (χ4v) is 6.67. The number of nitrogens with one attached hydrogen (secondary N) is 2. The van der Waals surface area contributed by atoms with Crippen LogP contribution in [-0.2, 0) is 12.8 Å². The molecular weight excluding hydrogens is 484 g/mol. The van der Waals surface area contributed by atoms with Crippen molar-refractivity contribution in [2.24, 2.45) is 11.7 Å². The maximum Gasteiger partial charge on any atom is 0.254 e. The monoisotopic (exact) mass is 512 g/mol. The van der Waals surface area contributed by atoms with Gasteiger partial charge in [0.15, 0.2) is 0 Å². The largest absolute Gasteiger partial charge is 0.366 e. The number of aryl methyl sites for hydroxylation is 1. The van der Waals surface area contributed by atoms with Crippen LogP contribution in [0.5, 0.6) is 0 Å². The van der Waals surface area contributed by atoms with Crippen molar-refractivity contribution in [3.05, 3.63) is 70.4 Å². The summed E-state index contributed by atoms with van der Waals surface area (Å²) in [7, 11) is 0. The lowest BCUT2D eigenvalue weighted by Crippen LogP contribution is -2.20. The van der Waals surface area contributed by atoms with Gasteiger partial charge in [-0.1, -0.05) is 19.9 Å². The first kappa shape index (κ1) is 23.5. The van der Waals surface area contributed by atoms with Gasteiger partial charge in [0.05, 0.1) is 39.3 Å². The van der Waals surface area contributed by atoms with E-state index in [1.165, 1.54) is 16.9 Å². The Kier molecular flexibility index (Phi) is 5.67. The molecule has 188 valence electrons. The lowest BCUT2D eigenvalue weighted by molar-refractivity contribution is 0.0959. The maximum absolute atomic E-state index is 13.1. The molecule has 2 aliphatic rings. The highest BCUT2D eigenvalue weighted by molar-refractivity contribution is 7.22. The highest BCUT2D eigenvalue weighted by Crippen LogP contribution is 2.44. The minimum atomic E-state index is -0.572. The van der Waals surface area contributed by atoms with Crippen LogP contribution < -0.4 is 16.4 Å². The minimum absolute atomic E-state index is 0.128. The average Bonchev–Trinajstić information content (AvgIpc) is 3.54. The molecule has 2 amide bonds. The molecule has 37 heavy (non-hydrogen) atoms. The molecule has 2 unspecified atom stereocenters. The summed E-state index contributed by atoms with van der Waals surface area (Å²) < 4.78 is 0.965. The Balaban J connectivity index is 1.51. The molecule has 0 bridgehead atoms. The fraction of sp³-hybridized carbons (Fsp3) is 0.321. The number of fused-ring (bicyclic) bond motifs is 3. The normalized spacial score (nSPS) is 18.2. The van der Waals surface area contributed by atoms with Crippen molar-refractivity contribution in [3.63, 3.8) is 0 Å². The van der Waals surface area contributed by atoms with Crippen LogP contribution in [0.1, 0.15) is 82.6 Å². The topological polar surface area (TPSA) is 123 Å². The number of anilines is 1. The predicted octanol–water partition coefficient (Wildman–Crippen LogP) is 4.95. The van der Waals surface area contributed by atoms with E-state index in [0.29, 0.717) is 34.5 Å². The van der Waals surface area contributed by atoms with Crippen molar-refractivity contribution in [1.29, 1.82) is 0 Å². The van der Waals surface area contributed by atoms with E-state index in [1.807, 2.05) is 31.3 Å². The highest BCUT2D eigenvalue weighted by Gasteiger charge is 2.35. The summed E-state index contributed by atoms with van der Waals surface area (Å²) in [5, 5.41) is 7.57. The quantitative estimate of drug-likeness (QED) is 0.336. The standard InChI is InChI=1S/C28H28N6O2S/c1-13(2)11-19-21(26(29)35)22(23-24(33-19)14(3)32-28(23)36)20-12-15-8-10-31-27(25(15)37-20)34-18-7-6-17-16(18)5-4-9-30-17/h4-5,8-10,12-14,18H,6-7,11H2,1-3H3,(H2,29,35)(H,31,34)(H,32,36). The summed E-state index contributed by atoms with van der Waals surface area (Å²) in [6.07, 6.45) is 6.08. The molecule has 4 aromatic heterocycles. The Bertz CT molecular complexity index is 1580. The van der Waals surface area contributed by atoms with Crippen molar-refractivity contribution in [1.82, 2.24) is 20.3 Å². The molecule has 2 atom stereocenters. The Morgan fingerprint density at radius 3 is 2.86 bits per heavy atom. The van der Waals surface area contributed by atoms with Gasteiger partial charge in [0.25, 0.3) is 11.8 Å². The Morgan fingerprint density at radius 1 is 1.24 bits per heavy atom. The second-order valence-corrected chi connectivity index (χ2v) is 11.2. The third-order valence-electron chi connectivity index (χ3n) is 7.09. The van der Waals surface area contributed by atoms with Crippen molar-refractivity contribution in [2.45, 2.75) is 52.1 Å². The molecule has 0 fully saturated rings. The third-order valence-corrected chi connectivity index (χ3v) is 8.27. The molecule has 0 spiro atoms. The predicted molar refractivity (Wildman–Crippen MR) is 145 cm³/mol. The second kappa shape index (κ2) is 8.92. The van der Waals surface area contributed by atoms with Crippen LogP contribution in [0.25, 0.3) is 20.5 Å². The van der Waals surface area contributed by atoms with E-state index in [1.54, 1.807) is 6.20 Å². The SMILES string of the molecule is CC(C)Cc1nc2c(c(-c3cc4ccnc(NC5CCc6ncccc65)c4s3)c1C(N)=O)C(=O)NC2C. The fourth-order valence-electron chi connectivity index (χ4n) is 5.50. The van der Waals surface area contributed by atoms with Gasteiger partial charge in [-0.05, 0) is 61.3 Å². The van der Waals surface area contributed by atoms with Gasteiger partial charge in [0.1, 0.15) is 5.82 Å². The summed E-state index contributed by atoms with van der Waals surface area (Å²) in [5.74, 6) is 0.245. The van der Waals surface area contributed by atoms with Crippen LogP contribution in [0.3, 0.4) is 0 Å². The number of aromatic nitrogens is 3. The van der Waals surface area contributed by atoms with E-state index >= 15 is 0 Å². The number of hydrogen-bond acceptors (Lipinski definition) is 7. The van der Waals surface area contributed by atoms with Crippen LogP contribution in [0, 0.1) is 5.92 Å². The molecule has 0 saturated heterocycles. The van der Waals surface area contributed by atoms with Gasteiger partial charge in [-0.2, -0.15) is 0 Å². The molecule has 0 radical (unpaired) electrons. The number of thiophene rings is 1. The number of nitrogens with two attached hydrogens (primary N) is 1. The van der Waals surface area contributed by atoms with Crippen molar-refractivity contribution in [3.8, 4) is 10.4 Å². The lowest BCUT2D eigenvalue weighted by Gasteiger charge is -2.16. The smallest absolute Gasteiger partial charge is 0.254 e. The van der Waals surface area contributed by atoms with Crippen LogP contribution in [0.15, 0.2) is 36.7 Å². The Labute approximate surface area is 218 Å². The van der Waals surface area contributed by atoms with Gasteiger partial charge in [0, 0.05) is 28.5 Å².